The van der Waals surface area contributed by atoms with Gasteiger partial charge in [-0.25, -0.2) is 4.79 Å². The summed E-state index contributed by atoms with van der Waals surface area (Å²) in [5.41, 5.74) is 5.67. The summed E-state index contributed by atoms with van der Waals surface area (Å²) in [7, 11) is 1.56. The molecule has 1 heterocycles. The first-order chi connectivity index (χ1) is 13.9. The maximum Gasteiger partial charge on any atom is 0.318 e. The summed E-state index contributed by atoms with van der Waals surface area (Å²) in [5.74, 6) is -1.38. The van der Waals surface area contributed by atoms with Gasteiger partial charge < -0.3 is 20.1 Å². The topological polar surface area (TPSA) is 128 Å². The van der Waals surface area contributed by atoms with Crippen molar-refractivity contribution in [2.75, 3.05) is 20.3 Å². The van der Waals surface area contributed by atoms with Crippen LogP contribution >= 0.6 is 0 Å². The van der Waals surface area contributed by atoms with E-state index in [1.165, 1.54) is 0 Å². The Morgan fingerprint density at radius 2 is 1.93 bits per heavy atom. The van der Waals surface area contributed by atoms with Crippen LogP contribution < -0.4 is 15.8 Å². The van der Waals surface area contributed by atoms with E-state index in [1.54, 1.807) is 24.1 Å². The van der Waals surface area contributed by atoms with E-state index in [1.807, 2.05) is 24.4 Å². The van der Waals surface area contributed by atoms with Gasteiger partial charge in [-0.1, -0.05) is 25.5 Å². The summed E-state index contributed by atoms with van der Waals surface area (Å²) in [6, 6.07) is 5.67. The molecule has 0 aromatic heterocycles. The molecule has 29 heavy (non-hydrogen) atoms. The third-order valence-electron chi connectivity index (χ3n) is 4.83. The van der Waals surface area contributed by atoms with E-state index in [-0.39, 0.29) is 12.3 Å². The van der Waals surface area contributed by atoms with Crippen LogP contribution in [0.3, 0.4) is 0 Å². The van der Waals surface area contributed by atoms with Crippen molar-refractivity contribution in [3.8, 4) is 5.75 Å². The van der Waals surface area contributed by atoms with E-state index in [4.69, 9.17) is 15.2 Å². The zero-order chi connectivity index (χ0) is 21.4. The van der Waals surface area contributed by atoms with Gasteiger partial charge >= 0.3 is 12.0 Å². The highest BCUT2D eigenvalue weighted by atomic mass is 16.5. The number of hydrogen-bond donors (Lipinski definition) is 2. The van der Waals surface area contributed by atoms with Gasteiger partial charge in [0.15, 0.2) is 6.61 Å². The smallest absolute Gasteiger partial charge is 0.318 e. The maximum absolute atomic E-state index is 12.7. The Morgan fingerprint density at radius 3 is 2.52 bits per heavy atom. The van der Waals surface area contributed by atoms with Gasteiger partial charge in [-0.05, 0) is 30.5 Å². The van der Waals surface area contributed by atoms with Gasteiger partial charge in [0, 0.05) is 13.0 Å². The predicted molar refractivity (Wildman–Crippen MR) is 104 cm³/mol. The number of carbonyl (C=O) groups excluding carboxylic acids is 4. The Kier molecular flexibility index (Phi) is 7.99. The van der Waals surface area contributed by atoms with E-state index < -0.39 is 36.5 Å². The lowest BCUT2D eigenvalue weighted by molar-refractivity contribution is -0.159. The van der Waals surface area contributed by atoms with Crippen LogP contribution in [0, 0.1) is 5.92 Å². The minimum absolute atomic E-state index is 0.0187. The molecule has 0 aliphatic carbocycles. The fourth-order valence-electron chi connectivity index (χ4n) is 3.42. The van der Waals surface area contributed by atoms with E-state index in [0.29, 0.717) is 18.7 Å². The minimum atomic E-state index is -1.02. The van der Waals surface area contributed by atoms with Crippen molar-refractivity contribution in [2.45, 2.75) is 38.6 Å². The molecule has 1 saturated heterocycles. The first kappa shape index (κ1) is 22.2. The van der Waals surface area contributed by atoms with Gasteiger partial charge in [0.05, 0.1) is 19.1 Å². The van der Waals surface area contributed by atoms with Crippen LogP contribution in [0.25, 0.3) is 0 Å². The molecule has 1 fully saturated rings. The average Bonchev–Trinajstić information content (AvgIpc) is 2.70. The lowest BCUT2D eigenvalue weighted by Gasteiger charge is -2.40. The molecule has 9 heteroatoms. The lowest BCUT2D eigenvalue weighted by Crippen LogP contribution is -2.46. The molecular formula is C20H27N3O6. The van der Waals surface area contributed by atoms with E-state index in [2.05, 4.69) is 0 Å². The quantitative estimate of drug-likeness (QED) is 0.631. The highest BCUT2D eigenvalue weighted by Gasteiger charge is 2.41. The highest BCUT2D eigenvalue weighted by molar-refractivity contribution is 5.95. The number of unbranched alkanes of at least 4 members (excludes halogenated alkanes) is 1. The second-order valence-corrected chi connectivity index (χ2v) is 6.82. The number of ether oxygens (including phenoxy) is 2. The van der Waals surface area contributed by atoms with E-state index >= 15 is 0 Å². The van der Waals surface area contributed by atoms with E-state index in [9.17, 15) is 19.2 Å². The zero-order valence-corrected chi connectivity index (χ0v) is 16.7. The average molecular weight is 405 g/mol. The molecule has 0 radical (unpaired) electrons. The summed E-state index contributed by atoms with van der Waals surface area (Å²) in [5, 5.41) is 1.84. The third kappa shape index (κ3) is 5.94. The molecule has 0 bridgehead atoms. The number of likely N-dealkylation sites (tertiary alicyclic amines) is 1. The fraction of sp³-hybridized carbons (Fsp3) is 0.500. The van der Waals surface area contributed by atoms with Crippen molar-refractivity contribution >= 4 is 23.8 Å². The number of carbonyl (C=O) groups is 4. The highest BCUT2D eigenvalue weighted by Crippen LogP contribution is 2.38. The number of rotatable bonds is 8. The minimum Gasteiger partial charge on any atom is -0.497 e. The monoisotopic (exact) mass is 405 g/mol. The van der Waals surface area contributed by atoms with E-state index in [0.717, 1.165) is 18.4 Å². The first-order valence-corrected chi connectivity index (χ1v) is 9.56. The normalized spacial score (nSPS) is 18.8. The summed E-state index contributed by atoms with van der Waals surface area (Å²) >= 11 is 0. The summed E-state index contributed by atoms with van der Waals surface area (Å²) in [6.45, 7) is 1.94. The second kappa shape index (κ2) is 10.4. The Balaban J connectivity index is 2.24. The van der Waals surface area contributed by atoms with Crippen LogP contribution in [0.1, 0.15) is 44.2 Å². The van der Waals surface area contributed by atoms with Crippen molar-refractivity contribution in [3.63, 3.8) is 0 Å². The summed E-state index contributed by atoms with van der Waals surface area (Å²) < 4.78 is 10.3. The molecule has 1 aromatic carbocycles. The van der Waals surface area contributed by atoms with Crippen molar-refractivity contribution < 1.29 is 28.7 Å². The largest absolute Gasteiger partial charge is 0.497 e. The van der Waals surface area contributed by atoms with Crippen LogP contribution in [0.5, 0.6) is 5.75 Å². The van der Waals surface area contributed by atoms with Crippen LogP contribution in [-0.4, -0.2) is 49.0 Å². The van der Waals surface area contributed by atoms with Gasteiger partial charge in [0.2, 0.25) is 5.91 Å². The molecular weight excluding hydrogens is 378 g/mol. The Labute approximate surface area is 169 Å². The van der Waals surface area contributed by atoms with Gasteiger partial charge in [-0.3, -0.25) is 19.7 Å². The van der Waals surface area contributed by atoms with Crippen molar-refractivity contribution in [3.05, 3.63) is 29.8 Å². The van der Waals surface area contributed by atoms with Crippen molar-refractivity contribution in [2.24, 2.45) is 11.7 Å². The standard InChI is InChI=1S/C20H27N3O6/c1-3-4-11-23-17(25)10-9-15(19(26)29-12-16(24)22-20(21)27)18(23)13-5-7-14(28-2)8-6-13/h5-8,15,18H,3-4,9-12H2,1-2H3,(H3,21,22,24,27)/t15-,18-/m1/s1. The molecule has 3 N–H and O–H groups in total. The number of piperidine rings is 1. The number of methoxy groups -OCH3 is 1. The molecule has 4 amide bonds. The number of primary amides is 1. The van der Waals surface area contributed by atoms with Gasteiger partial charge in [-0.2, -0.15) is 0 Å². The zero-order valence-electron chi connectivity index (χ0n) is 16.7. The SMILES string of the molecule is CCCCN1C(=O)CC[C@@H](C(=O)OCC(=O)NC(N)=O)[C@H]1c1ccc(OC)cc1. The fourth-order valence-corrected chi connectivity index (χ4v) is 3.42. The number of hydrogen-bond acceptors (Lipinski definition) is 6. The number of urea groups is 1. The van der Waals surface area contributed by atoms with Crippen LogP contribution in [-0.2, 0) is 19.1 Å². The molecule has 0 unspecified atom stereocenters. The number of nitrogens with one attached hydrogen (secondary N) is 1. The molecule has 1 aliphatic rings. The Morgan fingerprint density at radius 1 is 1.24 bits per heavy atom. The van der Waals surface area contributed by atoms with Gasteiger partial charge in [0.25, 0.3) is 5.91 Å². The number of amides is 4. The van der Waals surface area contributed by atoms with Gasteiger partial charge in [0.1, 0.15) is 5.75 Å². The van der Waals surface area contributed by atoms with Crippen LogP contribution in [0.2, 0.25) is 0 Å². The number of nitrogens with two attached hydrogens (primary N) is 1. The summed E-state index contributed by atoms with van der Waals surface area (Å²) in [4.78, 5) is 49.3. The predicted octanol–water partition coefficient (Wildman–Crippen LogP) is 1.51. The number of esters is 1. The lowest BCUT2D eigenvalue weighted by atomic mass is 9.84. The van der Waals surface area contributed by atoms with Crippen molar-refractivity contribution in [1.82, 2.24) is 10.2 Å². The molecule has 2 atom stereocenters. The Bertz CT molecular complexity index is 749. The number of benzene rings is 1. The van der Waals surface area contributed by atoms with Crippen LogP contribution in [0.4, 0.5) is 4.79 Å². The van der Waals surface area contributed by atoms with Crippen LogP contribution in [0.15, 0.2) is 24.3 Å². The third-order valence-corrected chi connectivity index (χ3v) is 4.83. The van der Waals surface area contributed by atoms with Gasteiger partial charge in [-0.15, -0.1) is 0 Å². The number of nitrogens with zero attached hydrogens (tertiary/aromatic N) is 1. The molecule has 158 valence electrons. The molecule has 0 spiro atoms. The molecule has 1 aromatic rings. The maximum atomic E-state index is 12.7. The molecule has 0 saturated carbocycles. The number of imide groups is 1. The van der Waals surface area contributed by atoms with Crippen molar-refractivity contribution in [1.29, 1.82) is 0 Å². The molecule has 9 nitrogen and oxygen atoms in total. The first-order valence-electron chi connectivity index (χ1n) is 9.56. The summed E-state index contributed by atoms with van der Waals surface area (Å²) in [6.07, 6.45) is 2.25. The Hall–Kier alpha value is -3.10. The molecule has 1 aliphatic heterocycles. The molecule has 2 rings (SSSR count). The second-order valence-electron chi connectivity index (χ2n) is 6.82.